The van der Waals surface area contributed by atoms with Gasteiger partial charge in [0.2, 0.25) is 17.1 Å². The number of furan rings is 3. The Morgan fingerprint density at radius 3 is 1.04 bits per heavy atom. The van der Waals surface area contributed by atoms with Gasteiger partial charge in [-0.3, -0.25) is 0 Å². The van der Waals surface area contributed by atoms with Gasteiger partial charge in [0.25, 0.3) is 0 Å². The SMILES string of the molecule is Cc1cc(-c2[c-]cccc2)ncc1C(C)C.[2H]C([2H])([2H])C([2H])(C)c1ccnc(-c2[c-]ccc3c2oc2nc(C)ccc23)c1.[2H]C([2H])([2H])c1cc(-c2[c-]ccc3c2oc2nc(C)ccc23)ncc1C([2H])(C)C([2H])([2H])[2H].[2H]C([2H])([2H])c1ccc2c(n1)oc1c(-c3cc(C([2H])([2H])[2H])c(C([2H])(C)C([2H])([2H])[2H])cn3)[c-]ccc12.[2H]C([2H])([2H])c1cnc(-c2[c-]cccc2)cc1C.[2H]C([2H])([2H])c1cnc(-c2[c-]cccc2)cc1C.[Ir].[Ir].[Ir]. The fourth-order valence-corrected chi connectivity index (χ4v) is 12.6. The zero-order chi connectivity index (χ0) is 104. The molecular formula is C103H95Ir3N9O3-6. The first kappa shape index (κ1) is 58.8. The van der Waals surface area contributed by atoms with Crippen molar-refractivity contribution in [3.8, 4) is 67.5 Å². The number of hydrogen-bond acceptors (Lipinski definition) is 12. The molecule has 18 aromatic rings. The Bertz CT molecular complexity index is 7530. The Morgan fingerprint density at radius 2 is 0.678 bits per heavy atom. The topological polar surface area (TPSA) is 155 Å². The maximum Gasteiger partial charge on any atom is 0.216 e. The number of fused-ring (bicyclic) bond motifs is 9. The van der Waals surface area contributed by atoms with E-state index in [0.29, 0.717) is 78.4 Å². The van der Waals surface area contributed by atoms with Crippen molar-refractivity contribution in [1.82, 2.24) is 44.9 Å². The molecule has 12 heterocycles. The number of aromatic nitrogens is 9. The van der Waals surface area contributed by atoms with E-state index in [4.69, 9.17) is 50.3 Å². The summed E-state index contributed by atoms with van der Waals surface area (Å²) < 4.78 is 226. The van der Waals surface area contributed by atoms with Crippen LogP contribution in [-0.2, 0) is 60.3 Å². The molecule has 0 aliphatic carbocycles. The van der Waals surface area contributed by atoms with Gasteiger partial charge in [-0.15, -0.1) is 162 Å². The molecule has 0 N–H and O–H groups in total. The van der Waals surface area contributed by atoms with E-state index in [1.807, 2.05) is 129 Å². The van der Waals surface area contributed by atoms with Crippen LogP contribution >= 0.6 is 0 Å². The van der Waals surface area contributed by atoms with E-state index in [1.165, 1.54) is 61.8 Å². The minimum atomic E-state index is -2.78. The van der Waals surface area contributed by atoms with Crippen molar-refractivity contribution >= 4 is 66.2 Å². The first-order valence-electron chi connectivity index (χ1n) is 50.1. The average molecular weight is 2110 g/mol. The van der Waals surface area contributed by atoms with Crippen molar-refractivity contribution in [2.24, 2.45) is 0 Å². The van der Waals surface area contributed by atoms with E-state index in [2.05, 4.69) is 108 Å². The molecule has 18 rings (SSSR count). The molecule has 0 spiro atoms. The number of hydrogen-bond donors (Lipinski definition) is 0. The summed E-state index contributed by atoms with van der Waals surface area (Å²) in [5.74, 6) is -5.56. The first-order valence-corrected chi connectivity index (χ1v) is 36.6. The van der Waals surface area contributed by atoms with Gasteiger partial charge in [-0.05, 0) is 197 Å². The summed E-state index contributed by atoms with van der Waals surface area (Å²) in [6.07, 6.45) is 8.61. The van der Waals surface area contributed by atoms with Crippen LogP contribution in [0, 0.1) is 105 Å². The quantitative estimate of drug-likeness (QED) is 0.120. The van der Waals surface area contributed by atoms with Gasteiger partial charge in [-0.1, -0.05) is 158 Å². The fraction of sp³-hybridized carbons (Fsp3) is 0.214. The van der Waals surface area contributed by atoms with Crippen LogP contribution in [0.5, 0.6) is 0 Å². The van der Waals surface area contributed by atoms with Crippen molar-refractivity contribution < 1.29 is 111 Å². The molecule has 0 amide bonds. The Hall–Kier alpha value is -11.0. The van der Waals surface area contributed by atoms with Crippen LogP contribution in [-0.4, -0.2) is 44.9 Å². The largest absolute Gasteiger partial charge is 0.486 e. The van der Waals surface area contributed by atoms with Crippen molar-refractivity contribution in [3.05, 3.63) is 340 Å². The number of pyridine rings is 9. The van der Waals surface area contributed by atoms with Crippen LogP contribution in [0.4, 0.5) is 0 Å². The van der Waals surface area contributed by atoms with Gasteiger partial charge in [-0.2, -0.15) is 0 Å². The van der Waals surface area contributed by atoms with Gasteiger partial charge >= 0.3 is 0 Å². The molecule has 603 valence electrons. The van der Waals surface area contributed by atoms with Crippen molar-refractivity contribution in [1.29, 1.82) is 0 Å². The second-order valence-corrected chi connectivity index (χ2v) is 27.5. The van der Waals surface area contributed by atoms with E-state index < -0.39 is 72.5 Å². The molecule has 12 aromatic heterocycles. The Labute approximate surface area is 772 Å². The van der Waals surface area contributed by atoms with Crippen LogP contribution in [0.2, 0.25) is 0 Å². The van der Waals surface area contributed by atoms with Crippen molar-refractivity contribution in [2.45, 2.75) is 148 Å². The van der Waals surface area contributed by atoms with Crippen LogP contribution in [0.15, 0.2) is 238 Å². The third kappa shape index (κ3) is 20.9. The average Bonchev–Trinajstić information content (AvgIpc) is 1.68. The smallest absolute Gasteiger partial charge is 0.216 e. The van der Waals surface area contributed by atoms with Gasteiger partial charge in [0.15, 0.2) is 0 Å². The summed E-state index contributed by atoms with van der Waals surface area (Å²) in [4.78, 5) is 38.7. The molecule has 0 aliphatic rings. The third-order valence-electron chi connectivity index (χ3n) is 18.7. The van der Waals surface area contributed by atoms with E-state index >= 15 is 0 Å². The van der Waals surface area contributed by atoms with Gasteiger partial charge in [0.05, 0.1) is 16.7 Å². The predicted molar refractivity (Wildman–Crippen MR) is 470 cm³/mol. The van der Waals surface area contributed by atoms with Crippen LogP contribution < -0.4 is 0 Å². The molecule has 0 saturated carbocycles. The molecule has 6 aromatic carbocycles. The number of nitrogens with zero attached hydrogens (tertiary/aromatic N) is 9. The molecule has 118 heavy (non-hydrogen) atoms. The molecule has 3 unspecified atom stereocenters. The zero-order valence-corrected chi connectivity index (χ0v) is 72.9. The zero-order valence-electron chi connectivity index (χ0n) is 92.7. The summed E-state index contributed by atoms with van der Waals surface area (Å²) in [6.45, 7) is -2.40. The molecule has 0 bridgehead atoms. The Kier molecular flexibility index (Phi) is 20.2. The Balaban J connectivity index is 0.000000182. The van der Waals surface area contributed by atoms with Gasteiger partial charge in [-0.25, -0.2) is 15.0 Å². The summed E-state index contributed by atoms with van der Waals surface area (Å²) in [7, 11) is 0. The van der Waals surface area contributed by atoms with E-state index in [0.717, 1.165) is 97.1 Å². The number of aryl methyl sites for hydroxylation is 10. The Morgan fingerprint density at radius 1 is 0.314 bits per heavy atom. The molecule has 0 aliphatic heterocycles. The van der Waals surface area contributed by atoms with Gasteiger partial charge in [0, 0.05) is 168 Å². The molecule has 15 heteroatoms. The van der Waals surface area contributed by atoms with Crippen molar-refractivity contribution in [2.75, 3.05) is 0 Å². The van der Waals surface area contributed by atoms with E-state index in [9.17, 15) is 0 Å². The predicted octanol–water partition coefficient (Wildman–Crippen LogP) is 26.7. The number of benzene rings is 6. The maximum atomic E-state index is 8.36. The summed E-state index contributed by atoms with van der Waals surface area (Å²) >= 11 is 0. The molecule has 12 nitrogen and oxygen atoms in total. The normalized spacial score (nSPS) is 16.6. The fourth-order valence-electron chi connectivity index (χ4n) is 12.6. The summed E-state index contributed by atoms with van der Waals surface area (Å²) in [5.41, 5.74) is 15.6. The summed E-state index contributed by atoms with van der Waals surface area (Å²) in [5, 5.41) is 4.54. The van der Waals surface area contributed by atoms with Crippen LogP contribution in [0.25, 0.3) is 134 Å². The molecule has 0 fully saturated rings. The minimum Gasteiger partial charge on any atom is -0.486 e. The van der Waals surface area contributed by atoms with E-state index in [1.54, 1.807) is 68.4 Å². The minimum absolute atomic E-state index is 0. The van der Waals surface area contributed by atoms with Gasteiger partial charge in [0.1, 0.15) is 0 Å². The summed E-state index contributed by atoms with van der Waals surface area (Å²) in [6, 6.07) is 74.0. The monoisotopic (exact) mass is 2110 g/mol. The van der Waals surface area contributed by atoms with E-state index in [-0.39, 0.29) is 111 Å². The van der Waals surface area contributed by atoms with Crippen molar-refractivity contribution in [3.63, 3.8) is 0 Å². The first-order chi connectivity index (χ1) is 66.1. The molecular weight excluding hydrogens is 1990 g/mol. The molecule has 0 saturated heterocycles. The van der Waals surface area contributed by atoms with Crippen LogP contribution in [0.1, 0.15) is 194 Å². The molecule has 3 atom stereocenters. The number of rotatable bonds is 10. The molecule has 3 radical (unpaired) electrons. The second kappa shape index (κ2) is 40.4. The standard InChI is InChI=1S/2C21H19N2O.C20H17N2O.C15H16N.2C13H12N.3Ir/c2*1-12(2)18-11-22-19(10-13(18)3)17-7-5-6-15-16-9-8-14(4)23-21(16)24-20(15)17;1-12(2)14-9-10-21-18(11-14)17-6-4-5-15-16-8-7-13(3)22-20(16)23-19(15)17;1-11(2)14-10-16-15(9-12(14)3)13-7-5-4-6-8-13;2*1-10-8-13(14-9-11(10)2)12-6-4-3-5-7-12;;;/h2*5-6,8-12H,1-4H3;4-5,7-12H,1-3H3;4-7,9-11H,1-3H3;2*3-6,8-9H,1-2H3;;;/q6*-1;;;/i1D3,3D3,4D3,12D;1D3,3D3,12D;1D3,12D;;2*2D3;;;. The second-order valence-electron chi connectivity index (χ2n) is 27.5. The van der Waals surface area contributed by atoms with Gasteiger partial charge < -0.3 is 43.2 Å². The van der Waals surface area contributed by atoms with Crippen LogP contribution in [0.3, 0.4) is 0 Å². The third-order valence-corrected chi connectivity index (χ3v) is 18.7. The maximum absolute atomic E-state index is 8.36.